The van der Waals surface area contributed by atoms with Crippen LogP contribution in [0.5, 0.6) is 17.2 Å². The number of amides is 1. The Bertz CT molecular complexity index is 978. The molecule has 0 saturated carbocycles. The molecule has 0 aliphatic rings. The summed E-state index contributed by atoms with van der Waals surface area (Å²) in [6, 6.07) is 12.5. The molecule has 0 unspecified atom stereocenters. The lowest BCUT2D eigenvalue weighted by atomic mass is 10.2. The van der Waals surface area contributed by atoms with Gasteiger partial charge in [0.15, 0.2) is 28.6 Å². The van der Waals surface area contributed by atoms with E-state index in [-0.39, 0.29) is 5.76 Å². The van der Waals surface area contributed by atoms with Gasteiger partial charge in [0, 0.05) is 5.39 Å². The molecule has 1 aromatic heterocycles. The van der Waals surface area contributed by atoms with E-state index in [1.54, 1.807) is 38.5 Å². The fraction of sp³-hybridized carbons (Fsp3) is 0.200. The molecule has 0 aliphatic heterocycles. The first-order valence-electron chi connectivity index (χ1n) is 8.37. The van der Waals surface area contributed by atoms with Crippen LogP contribution in [-0.4, -0.2) is 32.9 Å². The summed E-state index contributed by atoms with van der Waals surface area (Å²) in [5.74, 6) is 1.50. The number of benzene rings is 2. The number of carbonyl (C=O) groups is 1. The largest absolute Gasteiger partial charge is 0.493 e. The van der Waals surface area contributed by atoms with Gasteiger partial charge < -0.3 is 18.6 Å². The van der Waals surface area contributed by atoms with E-state index in [4.69, 9.17) is 18.6 Å². The van der Waals surface area contributed by atoms with E-state index in [0.717, 1.165) is 10.9 Å². The molecule has 0 spiro atoms. The number of ether oxygens (including phenoxy) is 3. The highest BCUT2D eigenvalue weighted by Crippen LogP contribution is 2.29. The summed E-state index contributed by atoms with van der Waals surface area (Å²) in [6.45, 7) is 2.44. The van der Waals surface area contributed by atoms with Gasteiger partial charge >= 0.3 is 5.91 Å². The van der Waals surface area contributed by atoms with E-state index in [0.29, 0.717) is 29.4 Å². The van der Waals surface area contributed by atoms with Gasteiger partial charge in [-0.15, -0.1) is 0 Å². The second-order valence-electron chi connectivity index (χ2n) is 5.53. The molecule has 0 atom stereocenters. The molecular weight excluding hydrogens is 348 g/mol. The quantitative estimate of drug-likeness (QED) is 0.509. The molecule has 1 N–H and O–H groups in total. The number of hydrogen-bond donors (Lipinski definition) is 1. The molecule has 1 heterocycles. The maximum Gasteiger partial charge on any atom is 0.307 e. The summed E-state index contributed by atoms with van der Waals surface area (Å²) >= 11 is 0. The van der Waals surface area contributed by atoms with Gasteiger partial charge in [-0.1, -0.05) is 12.1 Å². The highest BCUT2D eigenvalue weighted by atomic mass is 16.5. The second kappa shape index (κ2) is 8.27. The Morgan fingerprint density at radius 3 is 2.67 bits per heavy atom. The van der Waals surface area contributed by atoms with Crippen molar-refractivity contribution in [1.29, 1.82) is 0 Å². The fourth-order valence-electron chi connectivity index (χ4n) is 2.57. The van der Waals surface area contributed by atoms with Gasteiger partial charge in [0.05, 0.1) is 27.0 Å². The molecule has 0 radical (unpaired) electrons. The van der Waals surface area contributed by atoms with E-state index < -0.39 is 5.91 Å². The number of fused-ring (bicyclic) bond motifs is 1. The topological polar surface area (TPSA) is 82.3 Å². The van der Waals surface area contributed by atoms with Crippen molar-refractivity contribution in [3.8, 4) is 17.2 Å². The Morgan fingerprint density at radius 2 is 1.93 bits per heavy atom. The number of rotatable bonds is 7. The summed E-state index contributed by atoms with van der Waals surface area (Å²) in [5, 5.41) is 4.75. The molecule has 7 heteroatoms. The van der Waals surface area contributed by atoms with Crippen molar-refractivity contribution in [3.63, 3.8) is 0 Å². The van der Waals surface area contributed by atoms with Crippen molar-refractivity contribution in [2.24, 2.45) is 5.10 Å². The van der Waals surface area contributed by atoms with Crippen LogP contribution >= 0.6 is 0 Å². The van der Waals surface area contributed by atoms with Crippen molar-refractivity contribution in [1.82, 2.24) is 5.43 Å². The molecule has 3 rings (SSSR count). The minimum Gasteiger partial charge on any atom is -0.493 e. The van der Waals surface area contributed by atoms with Crippen LogP contribution in [0.3, 0.4) is 0 Å². The Balaban J connectivity index is 1.72. The summed E-state index contributed by atoms with van der Waals surface area (Å²) in [7, 11) is 3.11. The van der Waals surface area contributed by atoms with Gasteiger partial charge in [0.25, 0.3) is 0 Å². The minimum atomic E-state index is -0.456. The van der Waals surface area contributed by atoms with Crippen molar-refractivity contribution < 1.29 is 23.4 Å². The Hall–Kier alpha value is -3.48. The number of hydrazone groups is 1. The van der Waals surface area contributed by atoms with E-state index in [9.17, 15) is 4.79 Å². The molecule has 0 fully saturated rings. The van der Waals surface area contributed by atoms with Crippen molar-refractivity contribution in [3.05, 3.63) is 53.8 Å². The fourth-order valence-corrected chi connectivity index (χ4v) is 2.57. The average molecular weight is 368 g/mol. The summed E-state index contributed by atoms with van der Waals surface area (Å²) in [5.41, 5.74) is 3.72. The molecule has 2 aromatic carbocycles. The number of nitrogens with one attached hydrogen (secondary N) is 1. The van der Waals surface area contributed by atoms with Gasteiger partial charge in [-0.3, -0.25) is 4.79 Å². The molecule has 27 heavy (non-hydrogen) atoms. The first kappa shape index (κ1) is 18.3. The van der Waals surface area contributed by atoms with Crippen LogP contribution in [0.25, 0.3) is 11.0 Å². The molecule has 140 valence electrons. The summed E-state index contributed by atoms with van der Waals surface area (Å²) < 4.78 is 21.6. The number of furan rings is 1. The van der Waals surface area contributed by atoms with Crippen molar-refractivity contribution >= 4 is 23.1 Å². The van der Waals surface area contributed by atoms with E-state index in [1.807, 2.05) is 25.1 Å². The van der Waals surface area contributed by atoms with E-state index >= 15 is 0 Å². The van der Waals surface area contributed by atoms with Gasteiger partial charge in [-0.25, -0.2) is 5.43 Å². The molecule has 0 aliphatic carbocycles. The van der Waals surface area contributed by atoms with Crippen LogP contribution in [0.1, 0.15) is 23.0 Å². The lowest BCUT2D eigenvalue weighted by Gasteiger charge is -2.09. The lowest BCUT2D eigenvalue weighted by Crippen LogP contribution is -2.16. The zero-order valence-corrected chi connectivity index (χ0v) is 15.3. The van der Waals surface area contributed by atoms with Crippen molar-refractivity contribution in [2.45, 2.75) is 6.92 Å². The van der Waals surface area contributed by atoms with Crippen LogP contribution in [0.4, 0.5) is 0 Å². The number of hydrogen-bond acceptors (Lipinski definition) is 6. The third-order valence-electron chi connectivity index (χ3n) is 3.82. The summed E-state index contributed by atoms with van der Waals surface area (Å²) in [4.78, 5) is 12.3. The number of para-hydroxylation sites is 1. The number of methoxy groups -OCH3 is 2. The smallest absolute Gasteiger partial charge is 0.307 e. The predicted molar refractivity (Wildman–Crippen MR) is 102 cm³/mol. The first-order valence-corrected chi connectivity index (χ1v) is 8.37. The van der Waals surface area contributed by atoms with Crippen LogP contribution in [-0.2, 0) is 0 Å². The SMILES string of the molecule is CCOc1ccc(/C=N\NC(=O)c2cc3cccc(OC)c3o2)cc1OC. The monoisotopic (exact) mass is 368 g/mol. The van der Waals surface area contributed by atoms with E-state index in [1.165, 1.54) is 6.21 Å². The maximum absolute atomic E-state index is 12.3. The van der Waals surface area contributed by atoms with Gasteiger partial charge in [-0.2, -0.15) is 5.10 Å². The maximum atomic E-state index is 12.3. The number of carbonyl (C=O) groups excluding carboxylic acids is 1. The zero-order valence-electron chi connectivity index (χ0n) is 15.3. The predicted octanol–water partition coefficient (Wildman–Crippen LogP) is 3.61. The molecule has 0 saturated heterocycles. The molecule has 7 nitrogen and oxygen atoms in total. The Labute approximate surface area is 156 Å². The molecule has 0 bridgehead atoms. The Kier molecular flexibility index (Phi) is 5.61. The Morgan fingerprint density at radius 1 is 1.11 bits per heavy atom. The van der Waals surface area contributed by atoms with Gasteiger partial charge in [0.1, 0.15) is 0 Å². The highest BCUT2D eigenvalue weighted by Gasteiger charge is 2.14. The third kappa shape index (κ3) is 4.03. The first-order chi connectivity index (χ1) is 13.2. The van der Waals surface area contributed by atoms with Gasteiger partial charge in [-0.05, 0) is 42.8 Å². The van der Waals surface area contributed by atoms with Crippen LogP contribution in [0.15, 0.2) is 52.0 Å². The minimum absolute atomic E-state index is 0.149. The third-order valence-corrected chi connectivity index (χ3v) is 3.82. The van der Waals surface area contributed by atoms with Crippen LogP contribution < -0.4 is 19.6 Å². The van der Waals surface area contributed by atoms with Crippen LogP contribution in [0.2, 0.25) is 0 Å². The zero-order chi connectivity index (χ0) is 19.2. The van der Waals surface area contributed by atoms with Crippen LogP contribution in [0, 0.1) is 0 Å². The lowest BCUT2D eigenvalue weighted by molar-refractivity contribution is 0.0929. The second-order valence-corrected chi connectivity index (χ2v) is 5.53. The van der Waals surface area contributed by atoms with Gasteiger partial charge in [0.2, 0.25) is 0 Å². The summed E-state index contributed by atoms with van der Waals surface area (Å²) in [6.07, 6.45) is 1.51. The average Bonchev–Trinajstić information content (AvgIpc) is 3.13. The number of nitrogens with zero attached hydrogens (tertiary/aromatic N) is 1. The molecular formula is C20H20N2O5. The van der Waals surface area contributed by atoms with E-state index in [2.05, 4.69) is 10.5 Å². The standard InChI is InChI=1S/C20H20N2O5/c1-4-26-15-9-8-13(10-17(15)25-3)12-21-22-20(23)18-11-14-6-5-7-16(24-2)19(14)27-18/h5-12H,4H2,1-3H3,(H,22,23)/b21-12-. The normalized spacial score (nSPS) is 10.9. The van der Waals surface area contributed by atoms with Crippen molar-refractivity contribution in [2.75, 3.05) is 20.8 Å². The highest BCUT2D eigenvalue weighted by molar-refractivity contribution is 5.97. The molecule has 1 amide bonds. The molecule has 3 aromatic rings.